The Labute approximate surface area is 78.1 Å². The quantitative estimate of drug-likeness (QED) is 0.740. The topological polar surface area (TPSA) is 56.7 Å². The van der Waals surface area contributed by atoms with Gasteiger partial charge in [-0.15, -0.1) is 0 Å². The monoisotopic (exact) mass is 180 g/mol. The highest BCUT2D eigenvalue weighted by atomic mass is 15.3. The number of aryl methyl sites for hydroxylation is 1. The molecule has 1 aromatic heterocycles. The van der Waals surface area contributed by atoms with E-state index in [9.17, 15) is 0 Å². The third-order valence-electron chi connectivity index (χ3n) is 2.71. The summed E-state index contributed by atoms with van der Waals surface area (Å²) in [6, 6.07) is 0. The fourth-order valence-corrected chi connectivity index (χ4v) is 1.62. The van der Waals surface area contributed by atoms with Gasteiger partial charge in [0.1, 0.15) is 5.82 Å². The van der Waals surface area contributed by atoms with E-state index < -0.39 is 0 Å². The minimum Gasteiger partial charge on any atom is -0.330 e. The zero-order valence-electron chi connectivity index (χ0n) is 8.03. The maximum atomic E-state index is 5.48. The van der Waals surface area contributed by atoms with Crippen LogP contribution in [-0.4, -0.2) is 21.3 Å². The van der Waals surface area contributed by atoms with Crippen molar-refractivity contribution >= 4 is 0 Å². The van der Waals surface area contributed by atoms with Crippen molar-refractivity contribution in [2.45, 2.75) is 31.6 Å². The maximum Gasteiger partial charge on any atom is 0.154 e. The summed E-state index contributed by atoms with van der Waals surface area (Å²) in [5.74, 6) is 2.67. The molecule has 0 amide bonds. The first-order valence-electron chi connectivity index (χ1n) is 4.91. The largest absolute Gasteiger partial charge is 0.330 e. The Morgan fingerprint density at radius 1 is 1.54 bits per heavy atom. The van der Waals surface area contributed by atoms with Crippen LogP contribution < -0.4 is 5.73 Å². The molecule has 1 aliphatic rings. The van der Waals surface area contributed by atoms with Crippen LogP contribution in [0, 0.1) is 0 Å². The summed E-state index contributed by atoms with van der Waals surface area (Å²) in [6.45, 7) is 0.649. The molecule has 13 heavy (non-hydrogen) atoms. The van der Waals surface area contributed by atoms with Crippen LogP contribution in [0.5, 0.6) is 0 Å². The van der Waals surface area contributed by atoms with Gasteiger partial charge in [0.2, 0.25) is 0 Å². The first-order chi connectivity index (χ1) is 6.31. The highest BCUT2D eigenvalue weighted by Crippen LogP contribution is 2.34. The molecule has 1 aliphatic carbocycles. The highest BCUT2D eigenvalue weighted by molar-refractivity contribution is 5.02. The number of hydrogen-bond donors (Lipinski definition) is 1. The fraction of sp³-hybridized carbons (Fsp3) is 0.778. The van der Waals surface area contributed by atoms with Gasteiger partial charge >= 0.3 is 0 Å². The summed E-state index contributed by atoms with van der Waals surface area (Å²) in [7, 11) is 1.94. The Morgan fingerprint density at radius 3 is 2.85 bits per heavy atom. The summed E-state index contributed by atoms with van der Waals surface area (Å²) in [5.41, 5.74) is 5.48. The minimum atomic E-state index is 0.623. The van der Waals surface area contributed by atoms with Crippen molar-refractivity contribution in [2.75, 3.05) is 6.54 Å². The smallest absolute Gasteiger partial charge is 0.154 e. The minimum absolute atomic E-state index is 0.623. The van der Waals surface area contributed by atoms with E-state index in [-0.39, 0.29) is 0 Å². The number of rotatable bonds is 3. The van der Waals surface area contributed by atoms with E-state index in [1.54, 1.807) is 0 Å². The fourth-order valence-electron chi connectivity index (χ4n) is 1.62. The number of aromatic nitrogens is 3. The molecule has 0 spiro atoms. The van der Waals surface area contributed by atoms with Crippen LogP contribution in [0.4, 0.5) is 0 Å². The molecule has 0 saturated heterocycles. The number of nitrogens with two attached hydrogens (primary N) is 1. The summed E-state index contributed by atoms with van der Waals surface area (Å²) < 4.78 is 1.86. The van der Waals surface area contributed by atoms with Gasteiger partial charge < -0.3 is 5.73 Å². The van der Waals surface area contributed by atoms with Gasteiger partial charge in [0, 0.05) is 19.4 Å². The average molecular weight is 180 g/mol. The van der Waals surface area contributed by atoms with Crippen LogP contribution in [0.25, 0.3) is 0 Å². The van der Waals surface area contributed by atoms with E-state index in [2.05, 4.69) is 10.1 Å². The Morgan fingerprint density at radius 2 is 2.31 bits per heavy atom. The molecule has 0 bridgehead atoms. The van der Waals surface area contributed by atoms with Gasteiger partial charge in [-0.2, -0.15) is 5.10 Å². The molecule has 2 N–H and O–H groups in total. The molecule has 0 atom stereocenters. The molecule has 72 valence electrons. The molecule has 1 fully saturated rings. The molecular formula is C9H16N4. The van der Waals surface area contributed by atoms with E-state index in [1.165, 1.54) is 19.3 Å². The predicted molar refractivity (Wildman–Crippen MR) is 50.4 cm³/mol. The van der Waals surface area contributed by atoms with Gasteiger partial charge in [0.25, 0.3) is 0 Å². The van der Waals surface area contributed by atoms with E-state index >= 15 is 0 Å². The summed E-state index contributed by atoms with van der Waals surface area (Å²) in [5, 5.41) is 4.40. The third-order valence-corrected chi connectivity index (χ3v) is 2.71. The average Bonchev–Trinajstić information content (AvgIpc) is 2.30. The van der Waals surface area contributed by atoms with E-state index in [0.29, 0.717) is 12.5 Å². The second-order valence-corrected chi connectivity index (χ2v) is 3.68. The van der Waals surface area contributed by atoms with Crippen molar-refractivity contribution in [3.05, 3.63) is 11.6 Å². The maximum absolute atomic E-state index is 5.48. The normalized spacial score (nSPS) is 17.4. The van der Waals surface area contributed by atoms with Gasteiger partial charge in [-0.25, -0.2) is 4.98 Å². The lowest BCUT2D eigenvalue weighted by molar-refractivity contribution is 0.400. The molecule has 4 nitrogen and oxygen atoms in total. The van der Waals surface area contributed by atoms with Gasteiger partial charge in [-0.05, 0) is 19.4 Å². The molecule has 1 heterocycles. The highest BCUT2D eigenvalue weighted by Gasteiger charge is 2.24. The second kappa shape index (κ2) is 3.46. The molecule has 0 aliphatic heterocycles. The molecule has 0 unspecified atom stereocenters. The zero-order valence-corrected chi connectivity index (χ0v) is 8.03. The molecule has 4 heteroatoms. The second-order valence-electron chi connectivity index (χ2n) is 3.68. The van der Waals surface area contributed by atoms with Crippen LogP contribution in [0.2, 0.25) is 0 Å². The van der Waals surface area contributed by atoms with Crippen LogP contribution in [0.1, 0.15) is 36.8 Å². The summed E-state index contributed by atoms with van der Waals surface area (Å²) in [4.78, 5) is 4.49. The van der Waals surface area contributed by atoms with Crippen molar-refractivity contribution in [3.63, 3.8) is 0 Å². The SMILES string of the molecule is Cn1nc(C2CCC2)nc1CCN. The van der Waals surface area contributed by atoms with Crippen molar-refractivity contribution in [3.8, 4) is 0 Å². The summed E-state index contributed by atoms with van der Waals surface area (Å²) in [6.07, 6.45) is 4.67. The molecule has 0 aromatic carbocycles. The molecule has 0 radical (unpaired) electrons. The van der Waals surface area contributed by atoms with Crippen molar-refractivity contribution in [1.29, 1.82) is 0 Å². The lowest BCUT2D eigenvalue weighted by Gasteiger charge is -2.21. The molecular weight excluding hydrogens is 164 g/mol. The Bertz CT molecular complexity index is 288. The first-order valence-corrected chi connectivity index (χ1v) is 4.91. The Balaban J connectivity index is 2.14. The van der Waals surface area contributed by atoms with Gasteiger partial charge in [-0.1, -0.05) is 6.42 Å². The van der Waals surface area contributed by atoms with Crippen LogP contribution >= 0.6 is 0 Å². The summed E-state index contributed by atoms with van der Waals surface area (Å²) >= 11 is 0. The standard InChI is InChI=1S/C9H16N4/c1-13-8(5-6-10)11-9(12-13)7-3-2-4-7/h7H,2-6,10H2,1H3. The van der Waals surface area contributed by atoms with E-state index in [1.807, 2.05) is 11.7 Å². The van der Waals surface area contributed by atoms with Gasteiger partial charge in [-0.3, -0.25) is 4.68 Å². The molecule has 1 aromatic rings. The number of nitrogens with zero attached hydrogens (tertiary/aromatic N) is 3. The van der Waals surface area contributed by atoms with Crippen LogP contribution in [0.15, 0.2) is 0 Å². The lowest BCUT2D eigenvalue weighted by atomic mass is 9.85. The van der Waals surface area contributed by atoms with Gasteiger partial charge in [0.05, 0.1) is 0 Å². The zero-order chi connectivity index (χ0) is 9.26. The van der Waals surface area contributed by atoms with Crippen molar-refractivity contribution in [2.24, 2.45) is 12.8 Å². The first kappa shape index (κ1) is 8.69. The van der Waals surface area contributed by atoms with Crippen LogP contribution in [-0.2, 0) is 13.5 Å². The third kappa shape index (κ3) is 1.58. The van der Waals surface area contributed by atoms with Crippen LogP contribution in [0.3, 0.4) is 0 Å². The van der Waals surface area contributed by atoms with Gasteiger partial charge in [0.15, 0.2) is 5.82 Å². The van der Waals surface area contributed by atoms with Crippen molar-refractivity contribution < 1.29 is 0 Å². The molecule has 2 rings (SSSR count). The lowest BCUT2D eigenvalue weighted by Crippen LogP contribution is -2.10. The van der Waals surface area contributed by atoms with Crippen molar-refractivity contribution in [1.82, 2.24) is 14.8 Å². The predicted octanol–water partition coefficient (Wildman–Crippen LogP) is 0.584. The van der Waals surface area contributed by atoms with E-state index in [0.717, 1.165) is 18.1 Å². The molecule has 1 saturated carbocycles. The van der Waals surface area contributed by atoms with E-state index in [4.69, 9.17) is 5.73 Å². The number of hydrogen-bond acceptors (Lipinski definition) is 3. The Hall–Kier alpha value is -0.900. The Kier molecular flexibility index (Phi) is 2.31.